The van der Waals surface area contributed by atoms with Gasteiger partial charge in [0.25, 0.3) is 5.91 Å². The predicted octanol–water partition coefficient (Wildman–Crippen LogP) is 2.40. The third kappa shape index (κ3) is 4.25. The molecule has 0 unspecified atom stereocenters. The highest BCUT2D eigenvalue weighted by atomic mass is 16.1. The molecule has 4 nitrogen and oxygen atoms in total. The van der Waals surface area contributed by atoms with Crippen molar-refractivity contribution < 1.29 is 4.79 Å². The molecule has 0 saturated heterocycles. The minimum absolute atomic E-state index is 0.00244. The maximum Gasteiger partial charge on any atom is 0.251 e. The lowest BCUT2D eigenvalue weighted by molar-refractivity contribution is 0.0953. The first-order valence-electron chi connectivity index (χ1n) is 6.56. The fourth-order valence-corrected chi connectivity index (χ4v) is 1.85. The van der Waals surface area contributed by atoms with Gasteiger partial charge in [-0.15, -0.1) is 0 Å². The first-order valence-corrected chi connectivity index (χ1v) is 6.56. The average molecular weight is 257 g/mol. The van der Waals surface area contributed by atoms with Crippen molar-refractivity contribution in [3.05, 3.63) is 54.1 Å². The molecule has 1 aromatic carbocycles. The average Bonchev–Trinajstić information content (AvgIpc) is 2.92. The third-order valence-electron chi connectivity index (χ3n) is 3.00. The van der Waals surface area contributed by atoms with Gasteiger partial charge >= 0.3 is 0 Å². The summed E-state index contributed by atoms with van der Waals surface area (Å²) in [4.78, 5) is 15.8. The Labute approximate surface area is 113 Å². The van der Waals surface area contributed by atoms with Crippen LogP contribution < -0.4 is 5.32 Å². The summed E-state index contributed by atoms with van der Waals surface area (Å²) < 4.78 is 2.04. The van der Waals surface area contributed by atoms with Gasteiger partial charge in [0.15, 0.2) is 0 Å². The van der Waals surface area contributed by atoms with Crippen LogP contribution in [-0.2, 0) is 6.54 Å². The lowest BCUT2D eigenvalue weighted by atomic mass is 10.1. The highest BCUT2D eigenvalue weighted by Crippen LogP contribution is 2.03. The fourth-order valence-electron chi connectivity index (χ4n) is 1.85. The number of unbranched alkanes of at least 4 members (excludes halogenated alkanes) is 1. The van der Waals surface area contributed by atoms with Crippen molar-refractivity contribution in [1.29, 1.82) is 0 Å². The summed E-state index contributed by atoms with van der Waals surface area (Å²) in [6.45, 7) is 3.67. The molecule has 4 heteroatoms. The van der Waals surface area contributed by atoms with Gasteiger partial charge in [-0.3, -0.25) is 4.79 Å². The molecule has 1 N–H and O–H groups in total. The monoisotopic (exact) mass is 257 g/mol. The van der Waals surface area contributed by atoms with Crippen LogP contribution in [0.5, 0.6) is 0 Å². The molecule has 0 fully saturated rings. The summed E-state index contributed by atoms with van der Waals surface area (Å²) in [7, 11) is 0. The minimum Gasteiger partial charge on any atom is -0.352 e. The third-order valence-corrected chi connectivity index (χ3v) is 3.00. The Kier molecular flexibility index (Phi) is 4.72. The number of rotatable bonds is 6. The first-order chi connectivity index (χ1) is 9.25. The quantitative estimate of drug-likeness (QED) is 0.808. The lowest BCUT2D eigenvalue weighted by Gasteiger charge is -2.06. The van der Waals surface area contributed by atoms with Crippen LogP contribution in [0, 0.1) is 6.92 Å². The van der Waals surface area contributed by atoms with E-state index in [1.165, 1.54) is 0 Å². The Hall–Kier alpha value is -2.10. The molecular weight excluding hydrogens is 238 g/mol. The zero-order chi connectivity index (χ0) is 13.5. The van der Waals surface area contributed by atoms with Crippen molar-refractivity contribution in [2.45, 2.75) is 26.3 Å². The van der Waals surface area contributed by atoms with Gasteiger partial charge in [-0.25, -0.2) is 4.98 Å². The van der Waals surface area contributed by atoms with Gasteiger partial charge in [0, 0.05) is 31.0 Å². The van der Waals surface area contributed by atoms with Gasteiger partial charge in [-0.05, 0) is 31.9 Å². The summed E-state index contributed by atoms with van der Waals surface area (Å²) in [5.74, 6) is 0.00244. The normalized spacial score (nSPS) is 10.4. The van der Waals surface area contributed by atoms with Gasteiger partial charge in [0.2, 0.25) is 0 Å². The number of hydrogen-bond acceptors (Lipinski definition) is 2. The molecule has 0 aliphatic heterocycles. The summed E-state index contributed by atoms with van der Waals surface area (Å²) in [5.41, 5.74) is 1.89. The molecule has 0 radical (unpaired) electrons. The molecule has 0 saturated carbocycles. The van der Waals surface area contributed by atoms with Crippen LogP contribution in [0.25, 0.3) is 0 Å². The van der Waals surface area contributed by atoms with Crippen molar-refractivity contribution in [3.63, 3.8) is 0 Å². The minimum atomic E-state index is 0.00244. The smallest absolute Gasteiger partial charge is 0.251 e. The molecule has 100 valence electrons. The fraction of sp³-hybridized carbons (Fsp3) is 0.333. The van der Waals surface area contributed by atoms with Gasteiger partial charge in [-0.2, -0.15) is 0 Å². The molecule has 0 spiro atoms. The number of nitrogens with zero attached hydrogens (tertiary/aromatic N) is 2. The Morgan fingerprint density at radius 2 is 2.05 bits per heavy atom. The van der Waals surface area contributed by atoms with E-state index in [-0.39, 0.29) is 5.91 Å². The number of carbonyl (C=O) groups excluding carboxylic acids is 1. The Balaban J connectivity index is 1.65. The highest BCUT2D eigenvalue weighted by molar-refractivity contribution is 5.94. The molecule has 0 aliphatic rings. The van der Waals surface area contributed by atoms with Crippen LogP contribution in [0.4, 0.5) is 0 Å². The molecule has 0 aliphatic carbocycles. The van der Waals surface area contributed by atoms with Gasteiger partial charge in [0.1, 0.15) is 0 Å². The summed E-state index contributed by atoms with van der Waals surface area (Å²) in [6.07, 6.45) is 7.54. The number of imidazole rings is 1. The van der Waals surface area contributed by atoms with Crippen LogP contribution in [-0.4, -0.2) is 22.0 Å². The number of aromatic nitrogens is 2. The van der Waals surface area contributed by atoms with Crippen molar-refractivity contribution in [1.82, 2.24) is 14.9 Å². The van der Waals surface area contributed by atoms with E-state index in [9.17, 15) is 4.79 Å². The highest BCUT2D eigenvalue weighted by Gasteiger charge is 2.03. The zero-order valence-electron chi connectivity index (χ0n) is 11.2. The van der Waals surface area contributed by atoms with Crippen LogP contribution in [0.1, 0.15) is 28.8 Å². The van der Waals surface area contributed by atoms with E-state index >= 15 is 0 Å². The largest absolute Gasteiger partial charge is 0.352 e. The number of hydrogen-bond donors (Lipinski definition) is 1. The number of amides is 1. The van der Waals surface area contributed by atoms with Gasteiger partial charge in [-0.1, -0.05) is 17.7 Å². The SMILES string of the molecule is Cc1ccc(C(=O)NCCCCn2ccnc2)cc1. The second-order valence-corrected chi connectivity index (χ2v) is 4.63. The molecular formula is C15H19N3O. The van der Waals surface area contributed by atoms with E-state index in [0.717, 1.165) is 30.5 Å². The standard InChI is InChI=1S/C15H19N3O/c1-13-4-6-14(7-5-13)15(19)17-8-2-3-10-18-11-9-16-12-18/h4-7,9,11-12H,2-3,8,10H2,1H3,(H,17,19). The van der Waals surface area contributed by atoms with E-state index < -0.39 is 0 Å². The summed E-state index contributed by atoms with van der Waals surface area (Å²) in [5, 5.41) is 2.93. The maximum absolute atomic E-state index is 11.8. The van der Waals surface area contributed by atoms with Crippen LogP contribution >= 0.6 is 0 Å². The zero-order valence-corrected chi connectivity index (χ0v) is 11.2. The Morgan fingerprint density at radius 3 is 2.74 bits per heavy atom. The second-order valence-electron chi connectivity index (χ2n) is 4.63. The second kappa shape index (κ2) is 6.73. The molecule has 19 heavy (non-hydrogen) atoms. The van der Waals surface area contributed by atoms with Crippen molar-refractivity contribution in [2.24, 2.45) is 0 Å². The van der Waals surface area contributed by atoms with Gasteiger partial charge in [0.05, 0.1) is 6.33 Å². The topological polar surface area (TPSA) is 46.9 Å². The van der Waals surface area contributed by atoms with Crippen molar-refractivity contribution >= 4 is 5.91 Å². The van der Waals surface area contributed by atoms with E-state index in [1.54, 1.807) is 6.20 Å². The number of benzene rings is 1. The molecule has 0 atom stereocenters. The number of aryl methyl sites for hydroxylation is 2. The molecule has 2 rings (SSSR count). The Bertz CT molecular complexity index is 503. The number of carbonyl (C=O) groups is 1. The van der Waals surface area contributed by atoms with Crippen LogP contribution in [0.2, 0.25) is 0 Å². The molecule has 1 heterocycles. The Morgan fingerprint density at radius 1 is 1.26 bits per heavy atom. The number of nitrogens with one attached hydrogen (secondary N) is 1. The molecule has 1 amide bonds. The van der Waals surface area contributed by atoms with E-state index in [0.29, 0.717) is 6.54 Å². The van der Waals surface area contributed by atoms with E-state index in [2.05, 4.69) is 10.3 Å². The lowest BCUT2D eigenvalue weighted by Crippen LogP contribution is -2.24. The van der Waals surface area contributed by atoms with Crippen molar-refractivity contribution in [2.75, 3.05) is 6.54 Å². The van der Waals surface area contributed by atoms with E-state index in [1.807, 2.05) is 48.3 Å². The molecule has 0 bridgehead atoms. The van der Waals surface area contributed by atoms with Crippen molar-refractivity contribution in [3.8, 4) is 0 Å². The summed E-state index contributed by atoms with van der Waals surface area (Å²) >= 11 is 0. The molecule has 1 aromatic heterocycles. The van der Waals surface area contributed by atoms with Crippen LogP contribution in [0.3, 0.4) is 0 Å². The van der Waals surface area contributed by atoms with Crippen LogP contribution in [0.15, 0.2) is 43.0 Å². The summed E-state index contributed by atoms with van der Waals surface area (Å²) in [6, 6.07) is 7.62. The maximum atomic E-state index is 11.8. The molecule has 2 aromatic rings. The van der Waals surface area contributed by atoms with E-state index in [4.69, 9.17) is 0 Å². The van der Waals surface area contributed by atoms with Gasteiger partial charge < -0.3 is 9.88 Å². The predicted molar refractivity (Wildman–Crippen MR) is 75.0 cm³/mol. The first kappa shape index (κ1) is 13.3.